The predicted molar refractivity (Wildman–Crippen MR) is 93.6 cm³/mol. The number of carbonyl (C=O) groups excluding carboxylic acids is 1. The number of aromatic hydroxyl groups is 1. The van der Waals surface area contributed by atoms with Crippen molar-refractivity contribution in [1.82, 2.24) is 5.43 Å². The molecule has 0 aliphatic heterocycles. The maximum atomic E-state index is 12.2. The highest BCUT2D eigenvalue weighted by Crippen LogP contribution is 2.30. The van der Waals surface area contributed by atoms with E-state index in [4.69, 9.17) is 16.3 Å². The first-order valence-electron chi connectivity index (χ1n) is 6.59. The molecule has 7 heteroatoms. The number of carbonyl (C=O) groups is 1. The van der Waals surface area contributed by atoms with Crippen molar-refractivity contribution >= 4 is 39.7 Å². The molecule has 0 bridgehead atoms. The van der Waals surface area contributed by atoms with Crippen LogP contribution in [-0.4, -0.2) is 24.3 Å². The number of phenols is 1. The summed E-state index contributed by atoms with van der Waals surface area (Å²) in [6, 6.07) is 8.28. The van der Waals surface area contributed by atoms with E-state index in [2.05, 4.69) is 26.5 Å². The van der Waals surface area contributed by atoms with Gasteiger partial charge in [0, 0.05) is 21.7 Å². The van der Waals surface area contributed by atoms with E-state index >= 15 is 0 Å². The molecule has 0 saturated heterocycles. The molecule has 2 aromatic rings. The van der Waals surface area contributed by atoms with Gasteiger partial charge in [0.2, 0.25) is 0 Å². The van der Waals surface area contributed by atoms with E-state index in [1.165, 1.54) is 12.3 Å². The van der Waals surface area contributed by atoms with Crippen LogP contribution in [0.15, 0.2) is 39.9 Å². The topological polar surface area (TPSA) is 70.9 Å². The minimum absolute atomic E-state index is 0.00930. The van der Waals surface area contributed by atoms with Crippen LogP contribution in [0.2, 0.25) is 5.02 Å². The summed E-state index contributed by atoms with van der Waals surface area (Å²) >= 11 is 9.09. The van der Waals surface area contributed by atoms with Gasteiger partial charge in [-0.2, -0.15) is 5.10 Å². The number of nitrogens with one attached hydrogen (secondary N) is 1. The van der Waals surface area contributed by atoms with Crippen LogP contribution in [0, 0.1) is 6.92 Å². The highest BCUT2D eigenvalue weighted by molar-refractivity contribution is 9.10. The van der Waals surface area contributed by atoms with Gasteiger partial charge in [-0.15, -0.1) is 0 Å². The van der Waals surface area contributed by atoms with Crippen molar-refractivity contribution in [3.8, 4) is 11.5 Å². The van der Waals surface area contributed by atoms with E-state index in [9.17, 15) is 9.90 Å². The average molecular weight is 398 g/mol. The van der Waals surface area contributed by atoms with Crippen LogP contribution in [0.25, 0.3) is 0 Å². The van der Waals surface area contributed by atoms with E-state index in [1.54, 1.807) is 38.3 Å². The molecule has 2 N–H and O–H groups in total. The van der Waals surface area contributed by atoms with E-state index in [1.807, 2.05) is 0 Å². The lowest BCUT2D eigenvalue weighted by atomic mass is 10.1. The Labute approximate surface area is 147 Å². The molecule has 120 valence electrons. The lowest BCUT2D eigenvalue weighted by Crippen LogP contribution is -2.19. The van der Waals surface area contributed by atoms with Gasteiger partial charge >= 0.3 is 0 Å². The lowest BCUT2D eigenvalue weighted by Gasteiger charge is -2.08. The highest BCUT2D eigenvalue weighted by Gasteiger charge is 2.11. The fourth-order valence-electron chi connectivity index (χ4n) is 1.99. The highest BCUT2D eigenvalue weighted by atomic mass is 79.9. The molecule has 0 heterocycles. The Kier molecular flexibility index (Phi) is 5.63. The molecular formula is C16H14BrClN2O3. The molecule has 0 aliphatic rings. The molecule has 0 unspecified atom stereocenters. The smallest absolute Gasteiger partial charge is 0.271 e. The molecule has 0 spiro atoms. The maximum absolute atomic E-state index is 12.2. The van der Waals surface area contributed by atoms with Crippen molar-refractivity contribution in [2.24, 2.45) is 5.10 Å². The van der Waals surface area contributed by atoms with Crippen molar-refractivity contribution < 1.29 is 14.6 Å². The first-order chi connectivity index (χ1) is 10.9. The second-order valence-corrected chi connectivity index (χ2v) is 5.95. The first-order valence-corrected chi connectivity index (χ1v) is 7.76. The number of hydrogen-bond donors (Lipinski definition) is 2. The van der Waals surface area contributed by atoms with Crippen LogP contribution in [0.1, 0.15) is 21.5 Å². The third-order valence-electron chi connectivity index (χ3n) is 3.18. The summed E-state index contributed by atoms with van der Waals surface area (Å²) in [4.78, 5) is 12.2. The second kappa shape index (κ2) is 7.48. The van der Waals surface area contributed by atoms with Gasteiger partial charge in [-0.05, 0) is 47.1 Å². The van der Waals surface area contributed by atoms with Gasteiger partial charge < -0.3 is 9.84 Å². The summed E-state index contributed by atoms with van der Waals surface area (Å²) < 4.78 is 5.63. The fraction of sp³-hybridized carbons (Fsp3) is 0.125. The summed E-state index contributed by atoms with van der Waals surface area (Å²) in [5.74, 6) is 0.237. The third kappa shape index (κ3) is 4.03. The Morgan fingerprint density at radius 3 is 2.87 bits per heavy atom. The monoisotopic (exact) mass is 396 g/mol. The summed E-state index contributed by atoms with van der Waals surface area (Å²) in [6.45, 7) is 1.79. The van der Waals surface area contributed by atoms with Crippen LogP contribution in [0.4, 0.5) is 0 Å². The van der Waals surface area contributed by atoms with Crippen molar-refractivity contribution in [3.63, 3.8) is 0 Å². The van der Waals surface area contributed by atoms with Crippen molar-refractivity contribution in [2.45, 2.75) is 6.92 Å². The molecule has 0 saturated carbocycles. The molecule has 0 aliphatic carbocycles. The normalized spacial score (nSPS) is 10.8. The van der Waals surface area contributed by atoms with Gasteiger partial charge in [0.25, 0.3) is 5.91 Å². The van der Waals surface area contributed by atoms with Gasteiger partial charge in [0.15, 0.2) is 0 Å². The number of methoxy groups -OCH3 is 1. The van der Waals surface area contributed by atoms with Crippen LogP contribution in [0.5, 0.6) is 11.5 Å². The Morgan fingerprint density at radius 1 is 1.43 bits per heavy atom. The molecule has 2 rings (SSSR count). The van der Waals surface area contributed by atoms with Crippen LogP contribution < -0.4 is 10.2 Å². The fourth-order valence-corrected chi connectivity index (χ4v) is 2.82. The van der Waals surface area contributed by atoms with Crippen molar-refractivity contribution in [1.29, 1.82) is 0 Å². The Morgan fingerprint density at radius 2 is 2.17 bits per heavy atom. The SMILES string of the molecule is COc1cccc(C(=O)NN=Cc2cc(Cl)cc(Br)c2O)c1C. The van der Waals surface area contributed by atoms with E-state index in [0.717, 1.165) is 5.56 Å². The zero-order valence-electron chi connectivity index (χ0n) is 12.4. The van der Waals surface area contributed by atoms with Gasteiger partial charge in [-0.1, -0.05) is 17.7 Å². The average Bonchev–Trinajstić information content (AvgIpc) is 2.52. The number of halogens is 2. The number of ether oxygens (including phenoxy) is 1. The molecular weight excluding hydrogens is 384 g/mol. The Hall–Kier alpha value is -2.05. The number of hydrazone groups is 1. The second-order valence-electron chi connectivity index (χ2n) is 4.66. The minimum atomic E-state index is -0.377. The minimum Gasteiger partial charge on any atom is -0.506 e. The molecule has 2 aromatic carbocycles. The number of nitrogens with zero attached hydrogens (tertiary/aromatic N) is 1. The number of hydrogen-bond acceptors (Lipinski definition) is 4. The van der Waals surface area contributed by atoms with Gasteiger partial charge in [0.1, 0.15) is 11.5 Å². The molecule has 0 radical (unpaired) electrons. The van der Waals surface area contributed by atoms with Crippen LogP contribution in [0.3, 0.4) is 0 Å². The molecule has 5 nitrogen and oxygen atoms in total. The number of benzene rings is 2. The Balaban J connectivity index is 2.17. The molecule has 0 atom stereocenters. The van der Waals surface area contributed by atoms with Crippen molar-refractivity contribution in [2.75, 3.05) is 7.11 Å². The van der Waals surface area contributed by atoms with Crippen molar-refractivity contribution in [3.05, 3.63) is 56.5 Å². The maximum Gasteiger partial charge on any atom is 0.271 e. The summed E-state index contributed by atoms with van der Waals surface area (Å²) in [5, 5.41) is 14.2. The Bertz CT molecular complexity index is 778. The molecule has 23 heavy (non-hydrogen) atoms. The van der Waals surface area contributed by atoms with Gasteiger partial charge in [0.05, 0.1) is 17.8 Å². The number of phenolic OH excluding ortho intramolecular Hbond substituents is 1. The molecule has 0 fully saturated rings. The summed E-state index contributed by atoms with van der Waals surface area (Å²) in [6.07, 6.45) is 1.32. The van der Waals surface area contributed by atoms with Gasteiger partial charge in [-0.25, -0.2) is 5.43 Å². The zero-order valence-corrected chi connectivity index (χ0v) is 14.8. The van der Waals surface area contributed by atoms with Crippen LogP contribution >= 0.6 is 27.5 Å². The molecule has 1 amide bonds. The van der Waals surface area contributed by atoms with Gasteiger partial charge in [-0.3, -0.25) is 4.79 Å². The van der Waals surface area contributed by atoms with E-state index in [-0.39, 0.29) is 11.7 Å². The number of rotatable bonds is 4. The summed E-state index contributed by atoms with van der Waals surface area (Å²) in [5.41, 5.74) is 3.97. The third-order valence-corrected chi connectivity index (χ3v) is 4.00. The van der Waals surface area contributed by atoms with E-state index < -0.39 is 0 Å². The first kappa shape index (κ1) is 17.3. The zero-order chi connectivity index (χ0) is 17.0. The summed E-state index contributed by atoms with van der Waals surface area (Å²) in [7, 11) is 1.54. The lowest BCUT2D eigenvalue weighted by molar-refractivity contribution is 0.0954. The largest absolute Gasteiger partial charge is 0.506 e. The van der Waals surface area contributed by atoms with Crippen LogP contribution in [-0.2, 0) is 0 Å². The molecule has 0 aromatic heterocycles. The quantitative estimate of drug-likeness (QED) is 0.607. The van der Waals surface area contributed by atoms with E-state index in [0.29, 0.717) is 26.4 Å². The predicted octanol–water partition coefficient (Wildman–Crippen LogP) is 3.89. The standard InChI is InChI=1S/C16H14BrClN2O3/c1-9-12(4-3-5-14(9)23-2)16(22)20-19-8-10-6-11(18)7-13(17)15(10)21/h3-8,21H,1-2H3,(H,20,22). The number of amides is 1.